The van der Waals surface area contributed by atoms with Crippen molar-refractivity contribution in [1.29, 1.82) is 0 Å². The molecule has 0 aliphatic heterocycles. The van der Waals surface area contributed by atoms with Crippen LogP contribution in [0.2, 0.25) is 0 Å². The molecule has 0 bridgehead atoms. The maximum atomic E-state index is 13.2. The molecule has 0 heterocycles. The van der Waals surface area contributed by atoms with Crippen LogP contribution < -0.4 is 5.32 Å². The number of amides is 1. The minimum atomic E-state index is -0.792. The number of rotatable bonds is 45. The molecule has 0 saturated carbocycles. The fourth-order valence-corrected chi connectivity index (χ4v) is 7.56. The van der Waals surface area contributed by atoms with Crippen LogP contribution in [0.3, 0.4) is 0 Å². The standard InChI is InChI=1S/C53H97NO5/c1-4-7-10-13-16-19-22-24-26-27-29-31-34-37-40-43-46-53(58)59-49(44-41-38-35-32-21-18-15-12-9-6-3)47-52(57)54-50(48-55)51(56)45-42-39-36-33-30-28-25-23-20-17-14-11-8-5-2/h7,10,16,18-19,21,24,26,49-51,55-56H,4-6,8-9,11-15,17,20,22-23,25,27-48H2,1-3H3,(H,54,57)/b10-7+,19-16+,21-18-,26-24+. The second-order valence-corrected chi connectivity index (χ2v) is 17.2. The normalized spacial score (nSPS) is 13.6. The Bertz CT molecular complexity index is 1020. The molecule has 6 nitrogen and oxygen atoms in total. The molecule has 3 unspecified atom stereocenters. The first-order chi connectivity index (χ1) is 29.0. The minimum absolute atomic E-state index is 0.0617. The number of carbonyl (C=O) groups is 2. The maximum absolute atomic E-state index is 13.2. The molecule has 0 spiro atoms. The summed E-state index contributed by atoms with van der Waals surface area (Å²) in [5.41, 5.74) is 0. The van der Waals surface area contributed by atoms with Crippen LogP contribution in [0.15, 0.2) is 48.6 Å². The number of hydrogen-bond donors (Lipinski definition) is 3. The monoisotopic (exact) mass is 828 g/mol. The Morgan fingerprint density at radius 1 is 0.508 bits per heavy atom. The lowest BCUT2D eigenvalue weighted by Gasteiger charge is -2.24. The number of aliphatic hydroxyl groups excluding tert-OH is 2. The highest BCUT2D eigenvalue weighted by Gasteiger charge is 2.24. The fourth-order valence-electron chi connectivity index (χ4n) is 7.56. The third-order valence-corrected chi connectivity index (χ3v) is 11.4. The van der Waals surface area contributed by atoms with Crippen molar-refractivity contribution in [3.05, 3.63) is 48.6 Å². The van der Waals surface area contributed by atoms with E-state index in [0.717, 1.165) is 96.3 Å². The SMILES string of the molecule is CC/C=C/C/C=C/C/C=C/CCCCCCCCC(=O)OC(CCCCC/C=C\CCCCC)CC(=O)NC(CO)C(O)CCCCCCCCCCCCCCCC. The molecule has 0 saturated heterocycles. The van der Waals surface area contributed by atoms with Gasteiger partial charge in [-0.15, -0.1) is 0 Å². The van der Waals surface area contributed by atoms with Crippen LogP contribution in [-0.2, 0) is 14.3 Å². The van der Waals surface area contributed by atoms with E-state index in [9.17, 15) is 19.8 Å². The number of ether oxygens (including phenoxy) is 1. The van der Waals surface area contributed by atoms with Gasteiger partial charge < -0.3 is 20.3 Å². The van der Waals surface area contributed by atoms with Gasteiger partial charge in [-0.2, -0.15) is 0 Å². The Morgan fingerprint density at radius 2 is 0.915 bits per heavy atom. The largest absolute Gasteiger partial charge is 0.462 e. The summed E-state index contributed by atoms with van der Waals surface area (Å²) in [5, 5.41) is 23.7. The maximum Gasteiger partial charge on any atom is 0.306 e. The summed E-state index contributed by atoms with van der Waals surface area (Å²) in [6.07, 6.45) is 56.0. The van der Waals surface area contributed by atoms with Gasteiger partial charge in [-0.3, -0.25) is 9.59 Å². The Morgan fingerprint density at radius 3 is 1.46 bits per heavy atom. The molecule has 0 aromatic carbocycles. The number of unbranched alkanes of at least 4 members (excludes halogenated alkanes) is 25. The van der Waals surface area contributed by atoms with Crippen LogP contribution in [0.25, 0.3) is 0 Å². The first-order valence-electron chi connectivity index (χ1n) is 25.4. The molecule has 0 aliphatic carbocycles. The quantitative estimate of drug-likeness (QED) is 0.0323. The van der Waals surface area contributed by atoms with E-state index in [4.69, 9.17) is 4.74 Å². The number of allylic oxidation sites excluding steroid dienone is 8. The molecule has 3 atom stereocenters. The van der Waals surface area contributed by atoms with Gasteiger partial charge in [0.15, 0.2) is 0 Å². The second kappa shape index (κ2) is 46.9. The van der Waals surface area contributed by atoms with E-state index < -0.39 is 18.2 Å². The highest BCUT2D eigenvalue weighted by Crippen LogP contribution is 2.17. The average molecular weight is 828 g/mol. The summed E-state index contributed by atoms with van der Waals surface area (Å²) in [6.45, 7) is 6.34. The smallest absolute Gasteiger partial charge is 0.306 e. The Balaban J connectivity index is 4.52. The summed E-state index contributed by atoms with van der Waals surface area (Å²) in [7, 11) is 0. The van der Waals surface area contributed by atoms with Gasteiger partial charge in [0.25, 0.3) is 0 Å². The Hall–Kier alpha value is -2.18. The predicted molar refractivity (Wildman–Crippen MR) is 255 cm³/mol. The van der Waals surface area contributed by atoms with Crippen molar-refractivity contribution in [3.8, 4) is 0 Å². The van der Waals surface area contributed by atoms with Crippen molar-refractivity contribution in [1.82, 2.24) is 5.32 Å². The average Bonchev–Trinajstić information content (AvgIpc) is 3.23. The molecule has 0 aromatic rings. The molecule has 0 aromatic heterocycles. The Labute approximate surface area is 366 Å². The number of esters is 1. The van der Waals surface area contributed by atoms with Crippen LogP contribution in [0.5, 0.6) is 0 Å². The minimum Gasteiger partial charge on any atom is -0.462 e. The third kappa shape index (κ3) is 42.3. The van der Waals surface area contributed by atoms with E-state index in [2.05, 4.69) is 74.7 Å². The van der Waals surface area contributed by atoms with E-state index in [-0.39, 0.29) is 24.9 Å². The van der Waals surface area contributed by atoms with Gasteiger partial charge in [0.2, 0.25) is 5.91 Å². The van der Waals surface area contributed by atoms with Gasteiger partial charge in [0, 0.05) is 6.42 Å². The Kier molecular flexibility index (Phi) is 45.1. The second-order valence-electron chi connectivity index (χ2n) is 17.2. The molecule has 1 amide bonds. The number of aliphatic hydroxyl groups is 2. The van der Waals surface area contributed by atoms with Crippen molar-refractivity contribution < 1.29 is 24.5 Å². The van der Waals surface area contributed by atoms with Crippen molar-refractivity contribution in [2.45, 2.75) is 270 Å². The zero-order chi connectivity index (χ0) is 43.1. The molecule has 59 heavy (non-hydrogen) atoms. The van der Waals surface area contributed by atoms with Crippen LogP contribution >= 0.6 is 0 Å². The van der Waals surface area contributed by atoms with Gasteiger partial charge in [-0.05, 0) is 83.5 Å². The summed E-state index contributed by atoms with van der Waals surface area (Å²) in [6, 6.07) is -0.707. The zero-order valence-corrected chi connectivity index (χ0v) is 39.1. The lowest BCUT2D eigenvalue weighted by molar-refractivity contribution is -0.151. The molecule has 3 N–H and O–H groups in total. The first-order valence-corrected chi connectivity index (χ1v) is 25.4. The summed E-state index contributed by atoms with van der Waals surface area (Å²) >= 11 is 0. The van der Waals surface area contributed by atoms with Gasteiger partial charge in [0.1, 0.15) is 6.10 Å². The summed E-state index contributed by atoms with van der Waals surface area (Å²) in [4.78, 5) is 26.1. The zero-order valence-electron chi connectivity index (χ0n) is 39.1. The van der Waals surface area contributed by atoms with Crippen LogP contribution in [0.4, 0.5) is 0 Å². The van der Waals surface area contributed by atoms with Gasteiger partial charge in [-0.1, -0.05) is 204 Å². The molecule has 0 fully saturated rings. The van der Waals surface area contributed by atoms with E-state index in [1.54, 1.807) is 0 Å². The number of nitrogens with one attached hydrogen (secondary N) is 1. The van der Waals surface area contributed by atoms with Crippen molar-refractivity contribution in [3.63, 3.8) is 0 Å². The van der Waals surface area contributed by atoms with Gasteiger partial charge in [0.05, 0.1) is 25.2 Å². The van der Waals surface area contributed by atoms with Crippen molar-refractivity contribution >= 4 is 11.9 Å². The molecule has 0 rings (SSSR count). The topological polar surface area (TPSA) is 95.9 Å². The molecule has 344 valence electrons. The lowest BCUT2D eigenvalue weighted by Crippen LogP contribution is -2.46. The fraction of sp³-hybridized carbons (Fsp3) is 0.811. The predicted octanol–water partition coefficient (Wildman–Crippen LogP) is 15.1. The third-order valence-electron chi connectivity index (χ3n) is 11.4. The molecular weight excluding hydrogens is 731 g/mol. The van der Waals surface area contributed by atoms with Crippen molar-refractivity contribution in [2.24, 2.45) is 0 Å². The molecule has 6 heteroatoms. The molecular formula is C53H97NO5. The van der Waals surface area contributed by atoms with E-state index in [1.165, 1.54) is 109 Å². The van der Waals surface area contributed by atoms with E-state index in [1.807, 2.05) is 0 Å². The van der Waals surface area contributed by atoms with E-state index in [0.29, 0.717) is 19.3 Å². The number of carbonyl (C=O) groups excluding carboxylic acids is 2. The highest BCUT2D eigenvalue weighted by atomic mass is 16.5. The lowest BCUT2D eigenvalue weighted by atomic mass is 10.0. The van der Waals surface area contributed by atoms with Gasteiger partial charge >= 0.3 is 5.97 Å². The van der Waals surface area contributed by atoms with Crippen LogP contribution in [0.1, 0.15) is 252 Å². The molecule has 0 radical (unpaired) electrons. The highest BCUT2D eigenvalue weighted by molar-refractivity contribution is 5.77. The summed E-state index contributed by atoms with van der Waals surface area (Å²) in [5.74, 6) is -0.502. The van der Waals surface area contributed by atoms with Crippen LogP contribution in [0, 0.1) is 0 Å². The van der Waals surface area contributed by atoms with Crippen LogP contribution in [-0.4, -0.2) is 46.9 Å². The number of hydrogen-bond acceptors (Lipinski definition) is 5. The summed E-state index contributed by atoms with van der Waals surface area (Å²) < 4.78 is 5.91. The van der Waals surface area contributed by atoms with Gasteiger partial charge in [-0.25, -0.2) is 0 Å². The van der Waals surface area contributed by atoms with Crippen molar-refractivity contribution in [2.75, 3.05) is 6.61 Å². The molecule has 0 aliphatic rings. The van der Waals surface area contributed by atoms with E-state index >= 15 is 0 Å². The first kappa shape index (κ1) is 56.8.